The van der Waals surface area contributed by atoms with Crippen molar-refractivity contribution in [3.05, 3.63) is 58.6 Å². The Balaban J connectivity index is 1.78. The highest BCUT2D eigenvalue weighted by atomic mass is 35.5. The molecule has 0 aliphatic carbocycles. The SMILES string of the molecule is Cc1ccc(NC(=O)C2CC(=O)N(c3ccccc3C(C)(C)C)C2)cc1Cl. The van der Waals surface area contributed by atoms with E-state index in [4.69, 9.17) is 11.6 Å². The number of carbonyl (C=O) groups excluding carboxylic acids is 2. The molecule has 1 aliphatic rings. The summed E-state index contributed by atoms with van der Waals surface area (Å²) >= 11 is 6.13. The van der Waals surface area contributed by atoms with Crippen LogP contribution in [-0.4, -0.2) is 18.4 Å². The molecule has 1 atom stereocenters. The number of para-hydroxylation sites is 1. The first-order chi connectivity index (χ1) is 12.7. The van der Waals surface area contributed by atoms with Gasteiger partial charge >= 0.3 is 0 Å². The molecule has 2 aromatic rings. The molecule has 1 unspecified atom stereocenters. The third-order valence-corrected chi connectivity index (χ3v) is 5.35. The molecule has 1 saturated heterocycles. The minimum atomic E-state index is -0.384. The number of benzene rings is 2. The number of hydrogen-bond donors (Lipinski definition) is 1. The van der Waals surface area contributed by atoms with Gasteiger partial charge in [-0.1, -0.05) is 56.6 Å². The lowest BCUT2D eigenvalue weighted by atomic mass is 9.85. The Hall–Kier alpha value is -2.33. The number of amides is 2. The van der Waals surface area contributed by atoms with E-state index in [1.165, 1.54) is 0 Å². The maximum absolute atomic E-state index is 12.7. The van der Waals surface area contributed by atoms with Crippen LogP contribution in [-0.2, 0) is 15.0 Å². The number of anilines is 2. The van der Waals surface area contributed by atoms with Crippen LogP contribution < -0.4 is 10.2 Å². The number of aryl methyl sites for hydroxylation is 1. The summed E-state index contributed by atoms with van der Waals surface area (Å²) in [6.45, 7) is 8.67. The van der Waals surface area contributed by atoms with Crippen molar-refractivity contribution >= 4 is 34.8 Å². The molecule has 0 spiro atoms. The topological polar surface area (TPSA) is 49.4 Å². The number of carbonyl (C=O) groups is 2. The van der Waals surface area contributed by atoms with Crippen LogP contribution in [0.25, 0.3) is 0 Å². The summed E-state index contributed by atoms with van der Waals surface area (Å²) in [5.74, 6) is -0.557. The van der Waals surface area contributed by atoms with E-state index in [1.54, 1.807) is 11.0 Å². The van der Waals surface area contributed by atoms with Crippen molar-refractivity contribution in [1.29, 1.82) is 0 Å². The Morgan fingerprint density at radius 1 is 1.19 bits per heavy atom. The van der Waals surface area contributed by atoms with Gasteiger partial charge in [0, 0.05) is 29.4 Å². The smallest absolute Gasteiger partial charge is 0.229 e. The van der Waals surface area contributed by atoms with E-state index >= 15 is 0 Å². The molecule has 2 amide bonds. The zero-order chi connectivity index (χ0) is 19.8. The van der Waals surface area contributed by atoms with Crippen LogP contribution in [0.4, 0.5) is 11.4 Å². The lowest BCUT2D eigenvalue weighted by Gasteiger charge is -2.27. The van der Waals surface area contributed by atoms with E-state index in [9.17, 15) is 9.59 Å². The molecule has 142 valence electrons. The minimum Gasteiger partial charge on any atom is -0.326 e. The molecule has 0 saturated carbocycles. The number of nitrogens with one attached hydrogen (secondary N) is 1. The maximum Gasteiger partial charge on any atom is 0.229 e. The number of halogens is 1. The van der Waals surface area contributed by atoms with Crippen LogP contribution in [0.5, 0.6) is 0 Å². The number of nitrogens with zero attached hydrogens (tertiary/aromatic N) is 1. The lowest BCUT2D eigenvalue weighted by molar-refractivity contribution is -0.122. The van der Waals surface area contributed by atoms with E-state index in [1.807, 2.05) is 43.3 Å². The highest BCUT2D eigenvalue weighted by Crippen LogP contribution is 2.35. The Labute approximate surface area is 165 Å². The zero-order valence-corrected chi connectivity index (χ0v) is 16.9. The van der Waals surface area contributed by atoms with Gasteiger partial charge in [0.2, 0.25) is 11.8 Å². The quantitative estimate of drug-likeness (QED) is 0.814. The molecule has 0 bridgehead atoms. The molecule has 0 aromatic heterocycles. The average Bonchev–Trinajstić information content (AvgIpc) is 2.99. The molecular formula is C22H25ClN2O2. The van der Waals surface area contributed by atoms with Gasteiger partial charge in [0.05, 0.1) is 5.92 Å². The van der Waals surface area contributed by atoms with Gasteiger partial charge in [-0.05, 0) is 41.7 Å². The first-order valence-corrected chi connectivity index (χ1v) is 9.51. The van der Waals surface area contributed by atoms with E-state index in [2.05, 4.69) is 26.1 Å². The molecular weight excluding hydrogens is 360 g/mol. The summed E-state index contributed by atoms with van der Waals surface area (Å²) in [6.07, 6.45) is 0.212. The van der Waals surface area contributed by atoms with Crippen LogP contribution in [0.2, 0.25) is 5.02 Å². The Morgan fingerprint density at radius 3 is 2.56 bits per heavy atom. The maximum atomic E-state index is 12.7. The van der Waals surface area contributed by atoms with Crippen LogP contribution >= 0.6 is 11.6 Å². The Kier molecular flexibility index (Phi) is 5.29. The fourth-order valence-electron chi connectivity index (χ4n) is 3.37. The highest BCUT2D eigenvalue weighted by molar-refractivity contribution is 6.31. The normalized spacial score (nSPS) is 17.3. The summed E-state index contributed by atoms with van der Waals surface area (Å²) in [6, 6.07) is 13.3. The predicted octanol–water partition coefficient (Wildman–Crippen LogP) is 4.94. The molecule has 0 radical (unpaired) electrons. The second kappa shape index (κ2) is 7.35. The number of hydrogen-bond acceptors (Lipinski definition) is 2. The van der Waals surface area contributed by atoms with E-state index in [0.717, 1.165) is 16.8 Å². The van der Waals surface area contributed by atoms with Gasteiger partial charge in [-0.3, -0.25) is 9.59 Å². The van der Waals surface area contributed by atoms with Crippen LogP contribution in [0.15, 0.2) is 42.5 Å². The minimum absolute atomic E-state index is 0.0196. The monoisotopic (exact) mass is 384 g/mol. The first-order valence-electron chi connectivity index (χ1n) is 9.13. The fourth-order valence-corrected chi connectivity index (χ4v) is 3.55. The summed E-state index contributed by atoms with van der Waals surface area (Å²) in [5, 5.41) is 3.49. The number of rotatable bonds is 3. The van der Waals surface area contributed by atoms with Crippen LogP contribution in [0, 0.1) is 12.8 Å². The molecule has 5 heteroatoms. The largest absolute Gasteiger partial charge is 0.326 e. The standard InChI is InChI=1S/C22H25ClN2O2/c1-14-9-10-16(12-18(14)23)24-21(27)15-11-20(26)25(13-15)19-8-6-5-7-17(19)22(2,3)4/h5-10,12,15H,11,13H2,1-4H3,(H,24,27). The molecule has 1 heterocycles. The zero-order valence-electron chi connectivity index (χ0n) is 16.2. The van der Waals surface area contributed by atoms with Gasteiger partial charge in [0.25, 0.3) is 0 Å². The van der Waals surface area contributed by atoms with Gasteiger partial charge in [-0.15, -0.1) is 0 Å². The lowest BCUT2D eigenvalue weighted by Crippen LogP contribution is -2.30. The Morgan fingerprint density at radius 2 is 1.89 bits per heavy atom. The van der Waals surface area contributed by atoms with Crippen molar-refractivity contribution in [1.82, 2.24) is 0 Å². The van der Waals surface area contributed by atoms with Crippen molar-refractivity contribution in [2.24, 2.45) is 5.92 Å². The molecule has 1 aliphatic heterocycles. The molecule has 1 fully saturated rings. The summed E-state index contributed by atoms with van der Waals surface area (Å²) < 4.78 is 0. The highest BCUT2D eigenvalue weighted by Gasteiger charge is 2.37. The van der Waals surface area contributed by atoms with Crippen molar-refractivity contribution in [2.45, 2.75) is 39.5 Å². The molecule has 1 N–H and O–H groups in total. The molecule has 3 rings (SSSR count). The van der Waals surface area contributed by atoms with Gasteiger partial charge < -0.3 is 10.2 Å². The van der Waals surface area contributed by atoms with Crippen molar-refractivity contribution in [2.75, 3.05) is 16.8 Å². The van der Waals surface area contributed by atoms with Crippen molar-refractivity contribution in [3.8, 4) is 0 Å². The van der Waals surface area contributed by atoms with Crippen molar-refractivity contribution in [3.63, 3.8) is 0 Å². The van der Waals surface area contributed by atoms with Crippen LogP contribution in [0.1, 0.15) is 38.3 Å². The average molecular weight is 385 g/mol. The summed E-state index contributed by atoms with van der Waals surface area (Å²) in [7, 11) is 0. The Bertz CT molecular complexity index is 886. The third kappa shape index (κ3) is 4.16. The van der Waals surface area contributed by atoms with E-state index in [0.29, 0.717) is 17.3 Å². The molecule has 27 heavy (non-hydrogen) atoms. The van der Waals surface area contributed by atoms with Crippen molar-refractivity contribution < 1.29 is 9.59 Å². The molecule has 2 aromatic carbocycles. The molecule has 4 nitrogen and oxygen atoms in total. The third-order valence-electron chi connectivity index (χ3n) is 4.94. The van der Waals surface area contributed by atoms with Gasteiger partial charge in [-0.2, -0.15) is 0 Å². The van der Waals surface area contributed by atoms with Gasteiger partial charge in [-0.25, -0.2) is 0 Å². The van der Waals surface area contributed by atoms with Gasteiger partial charge in [0.15, 0.2) is 0 Å². The van der Waals surface area contributed by atoms with Gasteiger partial charge in [0.1, 0.15) is 0 Å². The summed E-state index contributed by atoms with van der Waals surface area (Å²) in [4.78, 5) is 27.1. The summed E-state index contributed by atoms with van der Waals surface area (Å²) in [5.41, 5.74) is 3.51. The predicted molar refractivity (Wildman–Crippen MR) is 110 cm³/mol. The van der Waals surface area contributed by atoms with E-state index < -0.39 is 0 Å². The van der Waals surface area contributed by atoms with E-state index in [-0.39, 0.29) is 29.6 Å². The van der Waals surface area contributed by atoms with Crippen LogP contribution in [0.3, 0.4) is 0 Å². The first kappa shape index (κ1) is 19.4. The fraction of sp³-hybridized carbons (Fsp3) is 0.364. The second-order valence-corrected chi connectivity index (χ2v) is 8.53. The second-order valence-electron chi connectivity index (χ2n) is 8.13.